The largest absolute Gasteiger partial charge is 0.397 e. The van der Waals surface area contributed by atoms with E-state index in [-0.39, 0.29) is 0 Å². The average Bonchev–Trinajstić information content (AvgIpc) is 2.19. The second kappa shape index (κ2) is 3.91. The molecule has 1 heterocycles. The normalized spacial score (nSPS) is 17.1. The van der Waals surface area contributed by atoms with Crippen LogP contribution in [-0.2, 0) is 0 Å². The Morgan fingerprint density at radius 1 is 1.14 bits per heavy atom. The molecule has 1 aliphatic rings. The van der Waals surface area contributed by atoms with Crippen molar-refractivity contribution < 1.29 is 0 Å². The number of nitrogens with zero attached hydrogens (tertiary/aromatic N) is 1. The number of aryl methyl sites for hydroxylation is 1. The van der Waals surface area contributed by atoms with Crippen LogP contribution in [0.5, 0.6) is 0 Å². The van der Waals surface area contributed by atoms with E-state index >= 15 is 0 Å². The van der Waals surface area contributed by atoms with Gasteiger partial charge in [-0.15, -0.1) is 0 Å². The molecule has 14 heavy (non-hydrogen) atoms. The molecule has 0 aliphatic carbocycles. The van der Waals surface area contributed by atoms with Crippen molar-refractivity contribution in [2.24, 2.45) is 0 Å². The van der Waals surface area contributed by atoms with Gasteiger partial charge in [-0.2, -0.15) is 0 Å². The Hall–Kier alpha value is -1.18. The van der Waals surface area contributed by atoms with E-state index in [1.54, 1.807) is 0 Å². The Morgan fingerprint density at radius 2 is 1.86 bits per heavy atom. The lowest BCUT2D eigenvalue weighted by Crippen LogP contribution is -2.29. The zero-order chi connectivity index (χ0) is 9.97. The molecular weight excluding hydrogens is 172 g/mol. The summed E-state index contributed by atoms with van der Waals surface area (Å²) < 4.78 is 0. The van der Waals surface area contributed by atoms with Gasteiger partial charge in [-0.05, 0) is 43.9 Å². The summed E-state index contributed by atoms with van der Waals surface area (Å²) in [7, 11) is 0. The summed E-state index contributed by atoms with van der Waals surface area (Å²) in [6.07, 6.45) is 3.96. The topological polar surface area (TPSA) is 29.3 Å². The van der Waals surface area contributed by atoms with Gasteiger partial charge in [-0.1, -0.05) is 6.07 Å². The molecule has 0 unspecified atom stereocenters. The Kier molecular flexibility index (Phi) is 2.62. The lowest BCUT2D eigenvalue weighted by molar-refractivity contribution is 0.578. The quantitative estimate of drug-likeness (QED) is 0.690. The maximum atomic E-state index is 6.01. The van der Waals surface area contributed by atoms with E-state index in [2.05, 4.69) is 30.0 Å². The Morgan fingerprint density at radius 3 is 2.50 bits per heavy atom. The highest BCUT2D eigenvalue weighted by Gasteiger charge is 2.12. The molecule has 1 saturated heterocycles. The fraction of sp³-hybridized carbons (Fsp3) is 0.500. The maximum absolute atomic E-state index is 6.01. The molecule has 2 nitrogen and oxygen atoms in total. The van der Waals surface area contributed by atoms with Gasteiger partial charge in [0.2, 0.25) is 0 Å². The third kappa shape index (κ3) is 1.84. The van der Waals surface area contributed by atoms with Crippen LogP contribution in [0.25, 0.3) is 0 Å². The predicted octanol–water partition coefficient (Wildman–Crippen LogP) is 2.57. The monoisotopic (exact) mass is 190 g/mol. The third-order valence-corrected chi connectivity index (χ3v) is 2.88. The van der Waals surface area contributed by atoms with Crippen molar-refractivity contribution in [3.8, 4) is 0 Å². The smallest absolute Gasteiger partial charge is 0.0600 e. The van der Waals surface area contributed by atoms with Gasteiger partial charge in [0.25, 0.3) is 0 Å². The van der Waals surface area contributed by atoms with Crippen molar-refractivity contribution in [2.75, 3.05) is 23.7 Å². The molecule has 1 aromatic rings. The molecule has 0 bridgehead atoms. The highest BCUT2D eigenvalue weighted by atomic mass is 15.1. The average molecular weight is 190 g/mol. The summed E-state index contributed by atoms with van der Waals surface area (Å²) in [6, 6.07) is 6.35. The molecule has 76 valence electrons. The van der Waals surface area contributed by atoms with Crippen LogP contribution >= 0.6 is 0 Å². The number of hydrogen-bond acceptors (Lipinski definition) is 2. The fourth-order valence-electron chi connectivity index (χ4n) is 2.10. The van der Waals surface area contributed by atoms with E-state index in [4.69, 9.17) is 5.73 Å². The molecule has 1 fully saturated rings. The number of hydrogen-bond donors (Lipinski definition) is 1. The predicted molar refractivity (Wildman–Crippen MR) is 61.7 cm³/mol. The number of nitrogens with two attached hydrogens (primary N) is 1. The van der Waals surface area contributed by atoms with Crippen molar-refractivity contribution in [1.29, 1.82) is 0 Å². The number of nitrogen functional groups attached to an aromatic ring is 1. The maximum Gasteiger partial charge on any atom is 0.0600 e. The molecule has 2 rings (SSSR count). The van der Waals surface area contributed by atoms with Crippen LogP contribution < -0.4 is 10.6 Å². The lowest BCUT2D eigenvalue weighted by atomic mass is 10.1. The summed E-state index contributed by atoms with van der Waals surface area (Å²) in [5.41, 5.74) is 9.39. The van der Waals surface area contributed by atoms with Gasteiger partial charge < -0.3 is 10.6 Å². The van der Waals surface area contributed by atoms with Gasteiger partial charge >= 0.3 is 0 Å². The lowest BCUT2D eigenvalue weighted by Gasteiger charge is -2.29. The Bertz CT molecular complexity index is 314. The molecule has 0 aromatic heterocycles. The Labute approximate surface area is 85.7 Å². The van der Waals surface area contributed by atoms with E-state index < -0.39 is 0 Å². The zero-order valence-corrected chi connectivity index (χ0v) is 8.79. The van der Waals surface area contributed by atoms with E-state index in [1.165, 1.54) is 30.5 Å². The first-order valence-electron chi connectivity index (χ1n) is 5.38. The van der Waals surface area contributed by atoms with Crippen LogP contribution in [0.3, 0.4) is 0 Å². The minimum atomic E-state index is 0.923. The number of anilines is 2. The summed E-state index contributed by atoms with van der Waals surface area (Å²) in [6.45, 7) is 4.40. The first kappa shape index (κ1) is 9.38. The second-order valence-corrected chi connectivity index (χ2v) is 4.11. The molecule has 0 saturated carbocycles. The number of piperidine rings is 1. The first-order chi connectivity index (χ1) is 6.77. The molecule has 0 radical (unpaired) electrons. The van der Waals surface area contributed by atoms with Crippen molar-refractivity contribution in [1.82, 2.24) is 0 Å². The van der Waals surface area contributed by atoms with Crippen LogP contribution in [0.4, 0.5) is 11.4 Å². The molecule has 0 spiro atoms. The third-order valence-electron chi connectivity index (χ3n) is 2.88. The highest BCUT2D eigenvalue weighted by Crippen LogP contribution is 2.26. The van der Waals surface area contributed by atoms with E-state index in [0.717, 1.165) is 18.8 Å². The van der Waals surface area contributed by atoms with Crippen molar-refractivity contribution >= 4 is 11.4 Å². The van der Waals surface area contributed by atoms with Crippen LogP contribution in [0.2, 0.25) is 0 Å². The van der Waals surface area contributed by atoms with E-state index in [9.17, 15) is 0 Å². The van der Waals surface area contributed by atoms with Gasteiger partial charge in [0, 0.05) is 13.1 Å². The second-order valence-electron chi connectivity index (χ2n) is 4.11. The van der Waals surface area contributed by atoms with Crippen LogP contribution in [0.15, 0.2) is 18.2 Å². The van der Waals surface area contributed by atoms with Crippen molar-refractivity contribution in [3.63, 3.8) is 0 Å². The zero-order valence-electron chi connectivity index (χ0n) is 8.79. The first-order valence-corrected chi connectivity index (χ1v) is 5.38. The molecule has 0 atom stereocenters. The van der Waals surface area contributed by atoms with Crippen LogP contribution in [0, 0.1) is 6.92 Å². The van der Waals surface area contributed by atoms with E-state index in [0.29, 0.717) is 0 Å². The minimum Gasteiger partial charge on any atom is -0.397 e. The molecule has 2 N–H and O–H groups in total. The van der Waals surface area contributed by atoms with Crippen molar-refractivity contribution in [3.05, 3.63) is 23.8 Å². The highest BCUT2D eigenvalue weighted by molar-refractivity contribution is 5.68. The number of benzene rings is 1. The number of rotatable bonds is 1. The SMILES string of the molecule is Cc1ccc(N2CCCCC2)c(N)c1. The molecule has 2 heteroatoms. The summed E-state index contributed by atoms with van der Waals surface area (Å²) in [5, 5.41) is 0. The fourth-order valence-corrected chi connectivity index (χ4v) is 2.10. The standard InChI is InChI=1S/C12H18N2/c1-10-5-6-12(11(13)9-10)14-7-3-2-4-8-14/h5-6,9H,2-4,7-8,13H2,1H3. The van der Waals surface area contributed by atoms with Gasteiger partial charge in [-0.25, -0.2) is 0 Å². The van der Waals surface area contributed by atoms with Crippen LogP contribution in [0.1, 0.15) is 24.8 Å². The van der Waals surface area contributed by atoms with E-state index in [1.807, 2.05) is 0 Å². The van der Waals surface area contributed by atoms with Gasteiger partial charge in [0.1, 0.15) is 0 Å². The van der Waals surface area contributed by atoms with Crippen LogP contribution in [-0.4, -0.2) is 13.1 Å². The summed E-state index contributed by atoms with van der Waals surface area (Å²) >= 11 is 0. The molecule has 1 aliphatic heterocycles. The Balaban J connectivity index is 2.22. The van der Waals surface area contributed by atoms with Crippen molar-refractivity contribution in [2.45, 2.75) is 26.2 Å². The molecule has 0 amide bonds. The molecule has 1 aromatic carbocycles. The van der Waals surface area contributed by atoms with Gasteiger partial charge in [0.15, 0.2) is 0 Å². The van der Waals surface area contributed by atoms with Gasteiger partial charge in [-0.3, -0.25) is 0 Å². The summed E-state index contributed by atoms with van der Waals surface area (Å²) in [4.78, 5) is 2.40. The molecular formula is C12H18N2. The summed E-state index contributed by atoms with van der Waals surface area (Å²) in [5.74, 6) is 0. The van der Waals surface area contributed by atoms with Gasteiger partial charge in [0.05, 0.1) is 11.4 Å². The minimum absolute atomic E-state index is 0.923.